The number of hydrogen-bond acceptors (Lipinski definition) is 15. The van der Waals surface area contributed by atoms with Gasteiger partial charge in [0.25, 0.3) is 11.7 Å². The highest BCUT2D eigenvalue weighted by molar-refractivity contribution is 6.21. The van der Waals surface area contributed by atoms with E-state index in [9.17, 15) is 39.9 Å². The zero-order chi connectivity index (χ0) is 48.2. The van der Waals surface area contributed by atoms with E-state index in [-0.39, 0.29) is 62.3 Å². The van der Waals surface area contributed by atoms with Gasteiger partial charge >= 0.3 is 11.8 Å². The number of carbonyl (C=O) groups excluding carboxylic acids is 3. The number of anilines is 1. The number of rotatable bonds is 4. The Morgan fingerprint density at radius 2 is 1.64 bits per heavy atom. The number of ketones is 1. The van der Waals surface area contributed by atoms with Gasteiger partial charge in [0.05, 0.1) is 47.8 Å². The molecule has 0 saturated carbocycles. The molecule has 4 aliphatic rings. The van der Waals surface area contributed by atoms with Crippen molar-refractivity contribution in [2.45, 2.75) is 117 Å². The summed E-state index contributed by atoms with van der Waals surface area (Å²) in [5, 5.41) is 64.9. The molecule has 0 aliphatic carbocycles. The number of hydrogen-bond donors (Lipinski definition) is 7. The van der Waals surface area contributed by atoms with Crippen LogP contribution >= 0.6 is 0 Å². The molecule has 1 amide bonds. The molecule has 16 nitrogen and oxygen atoms in total. The predicted molar refractivity (Wildman–Crippen MR) is 244 cm³/mol. The van der Waals surface area contributed by atoms with E-state index in [0.29, 0.717) is 6.42 Å². The van der Waals surface area contributed by atoms with Gasteiger partial charge in [-0.05, 0) is 25.5 Å². The van der Waals surface area contributed by atoms with Crippen LogP contribution in [0, 0.1) is 36.5 Å². The molecule has 7 N–H and O–H groups in total. The number of aromatic hydroxyl groups is 2. The number of benzene rings is 3. The standard InChI is InChI=1S/C50H62N4O12/c1-23-15-14-16-24(2)48(62)52-40-39-38(53-50(54-39)21-32(31-17-12-11-13-18-31)51-33(22-55)29(50)7)35-36(44(40)60)43(59)28(6)46-37(35)47(61)49(9,66-46)64-20-19-34(63-10)25(3)45(65-30(8)56)27(5)42(58)26(4)41(23)57/h11-20,23,25-27,29,32-34,41-42,45,51,53,55,57-60H,21-22H2,1-10H3/b15-14+,20-19+,24-16-,52-40?/t23-,25+,26+,27-,29-,32-,33-,34-,41-,42-,45+,49-,50?/m0/s1. The normalized spacial score (nSPS) is 35.5. The molecule has 0 radical (unpaired) electrons. The molecule has 13 atom stereocenters. The number of aliphatic hydroxyl groups excluding tert-OH is 3. The molecule has 1 unspecified atom stereocenters. The molecule has 354 valence electrons. The maximum atomic E-state index is 14.9. The first kappa shape index (κ1) is 48.3. The Kier molecular flexibility index (Phi) is 13.6. The van der Waals surface area contributed by atoms with E-state index in [1.165, 1.54) is 46.3 Å². The van der Waals surface area contributed by atoms with Gasteiger partial charge < -0.3 is 55.1 Å². The van der Waals surface area contributed by atoms with Crippen molar-refractivity contribution in [2.24, 2.45) is 39.6 Å². The van der Waals surface area contributed by atoms with E-state index in [2.05, 4.69) is 15.6 Å². The Bertz CT molecular complexity index is 2630. The first-order chi connectivity index (χ1) is 31.2. The summed E-state index contributed by atoms with van der Waals surface area (Å²) >= 11 is 0. The average molecular weight is 911 g/mol. The Balaban J connectivity index is 1.46. The molecule has 0 aromatic heterocycles. The van der Waals surface area contributed by atoms with E-state index < -0.39 is 101 Å². The smallest absolute Gasteiger partial charge is 0.312 e. The van der Waals surface area contributed by atoms with Gasteiger partial charge in [0, 0.05) is 85.6 Å². The summed E-state index contributed by atoms with van der Waals surface area (Å²) in [5.74, 6) is -7.96. The highest BCUT2D eigenvalue weighted by atomic mass is 16.7. The number of nitrogens with zero attached hydrogens (tertiary/aromatic N) is 2. The summed E-state index contributed by atoms with van der Waals surface area (Å²) in [4.78, 5) is 51.2. The minimum absolute atomic E-state index is 0.00390. The van der Waals surface area contributed by atoms with Gasteiger partial charge in [-0.25, -0.2) is 4.99 Å². The Labute approximate surface area is 383 Å². The van der Waals surface area contributed by atoms with Crippen LogP contribution in [-0.2, 0) is 23.8 Å². The van der Waals surface area contributed by atoms with Crippen molar-refractivity contribution >= 4 is 34.1 Å². The molecule has 4 aliphatic heterocycles. The predicted octanol–water partition coefficient (Wildman–Crippen LogP) is 4.73. The highest BCUT2D eigenvalue weighted by Crippen LogP contribution is 2.52. The lowest BCUT2D eigenvalue weighted by atomic mass is 9.77. The third-order valence-electron chi connectivity index (χ3n) is 14.3. The molecule has 16 heteroatoms. The molecule has 66 heavy (non-hydrogen) atoms. The number of aliphatic hydroxyl groups is 3. The monoisotopic (exact) mass is 910 g/mol. The molecule has 3 aromatic rings. The van der Waals surface area contributed by atoms with Crippen molar-refractivity contribution in [2.75, 3.05) is 19.0 Å². The van der Waals surface area contributed by atoms with Crippen molar-refractivity contribution in [3.63, 3.8) is 0 Å². The highest BCUT2D eigenvalue weighted by Gasteiger charge is 2.53. The molecule has 4 heterocycles. The second-order valence-electron chi connectivity index (χ2n) is 18.6. The fraction of sp³-hybridized carbons (Fsp3) is 0.500. The lowest BCUT2D eigenvalue weighted by molar-refractivity contribution is -0.160. The number of phenolic OH excluding ortho intramolecular Hbond substituents is 2. The zero-order valence-electron chi connectivity index (χ0n) is 39.0. The quantitative estimate of drug-likeness (QED) is 0.139. The summed E-state index contributed by atoms with van der Waals surface area (Å²) in [6.45, 7) is 14.4. The fourth-order valence-electron chi connectivity index (χ4n) is 10.1. The topological polar surface area (TPSA) is 238 Å². The van der Waals surface area contributed by atoms with Gasteiger partial charge in [-0.2, -0.15) is 0 Å². The number of Topliss-reactive ketones (excluding diaryl/α,β-unsaturated/α-hetero) is 1. The van der Waals surface area contributed by atoms with Crippen molar-refractivity contribution in [1.82, 2.24) is 5.32 Å². The average Bonchev–Trinajstić information content (AvgIpc) is 3.80. The van der Waals surface area contributed by atoms with E-state index in [1.54, 1.807) is 46.8 Å². The second kappa shape index (κ2) is 18.6. The van der Waals surface area contributed by atoms with Crippen molar-refractivity contribution in [3.8, 4) is 17.2 Å². The number of piperidine rings is 1. The van der Waals surface area contributed by atoms with Crippen molar-refractivity contribution in [1.29, 1.82) is 0 Å². The largest absolute Gasteiger partial charge is 0.507 e. The number of nitrogens with one attached hydrogen (secondary N) is 2. The Morgan fingerprint density at radius 1 is 0.939 bits per heavy atom. The lowest BCUT2D eigenvalue weighted by Gasteiger charge is -2.46. The molecule has 3 aromatic carbocycles. The van der Waals surface area contributed by atoms with Crippen LogP contribution in [0.1, 0.15) is 89.3 Å². The van der Waals surface area contributed by atoms with Crippen molar-refractivity contribution in [3.05, 3.63) is 93.9 Å². The minimum Gasteiger partial charge on any atom is -0.507 e. The number of esters is 1. The summed E-state index contributed by atoms with van der Waals surface area (Å²) in [7, 11) is 1.45. The number of phenols is 2. The van der Waals surface area contributed by atoms with Crippen LogP contribution in [0.4, 0.5) is 5.69 Å². The van der Waals surface area contributed by atoms with Gasteiger partial charge in [0.15, 0.2) is 5.75 Å². The number of allylic oxidation sites excluding steroid dienone is 2. The maximum Gasteiger partial charge on any atom is 0.312 e. The SMILES string of the molecule is CO[C@H]1/C=C/O[C@@]2(C)Oc3c(C)c(O)c4c(O)c(c5c(c4c3C2=O)NC2(C[C@@H](c3ccccc3)N[C@@H](CO)[C@@H]2C)N=5)=NC(=O)/C(C)=C\C=C\[C@H](C)[C@H](O)[C@@H](C)[C@H](O)[C@H](C)[C@H](OC(C)=O)[C@@H]1C. The first-order valence-electron chi connectivity index (χ1n) is 22.5. The van der Waals surface area contributed by atoms with Crippen LogP contribution in [0.15, 0.2) is 76.5 Å². The van der Waals surface area contributed by atoms with Crippen LogP contribution in [0.3, 0.4) is 0 Å². The van der Waals surface area contributed by atoms with E-state index >= 15 is 0 Å². The zero-order valence-corrected chi connectivity index (χ0v) is 39.0. The summed E-state index contributed by atoms with van der Waals surface area (Å²) in [6, 6.07) is 8.87. The fourth-order valence-corrected chi connectivity index (χ4v) is 10.1. The molecule has 1 spiro atoms. The minimum atomic E-state index is -2.02. The first-order valence-corrected chi connectivity index (χ1v) is 22.5. The Hall–Kier alpha value is -5.65. The van der Waals surface area contributed by atoms with Gasteiger partial charge in [0.1, 0.15) is 34.0 Å². The molecular weight excluding hydrogens is 849 g/mol. The maximum absolute atomic E-state index is 14.9. The summed E-state index contributed by atoms with van der Waals surface area (Å²) < 4.78 is 24.1. The van der Waals surface area contributed by atoms with Gasteiger partial charge in [-0.15, -0.1) is 0 Å². The summed E-state index contributed by atoms with van der Waals surface area (Å²) in [6.07, 6.45) is 4.00. The van der Waals surface area contributed by atoms with Crippen LogP contribution in [0.25, 0.3) is 10.8 Å². The number of carbonyl (C=O) groups is 3. The molecular formula is C50H62N4O12. The molecule has 7 rings (SSSR count). The van der Waals surface area contributed by atoms with Crippen LogP contribution in [0.5, 0.6) is 17.2 Å². The van der Waals surface area contributed by atoms with Crippen LogP contribution in [-0.4, -0.2) is 98.8 Å². The molecule has 4 bridgehead atoms. The Morgan fingerprint density at radius 3 is 2.29 bits per heavy atom. The number of fused-ring (bicyclic) bond motifs is 1. The van der Waals surface area contributed by atoms with E-state index in [0.717, 1.165) is 5.56 Å². The van der Waals surface area contributed by atoms with E-state index in [1.807, 2.05) is 37.3 Å². The molecule has 1 fully saturated rings. The third kappa shape index (κ3) is 8.38. The number of amides is 1. The van der Waals surface area contributed by atoms with Crippen LogP contribution < -0.4 is 26.1 Å². The second-order valence-corrected chi connectivity index (χ2v) is 18.6. The number of ether oxygens (including phenoxy) is 4. The van der Waals surface area contributed by atoms with Gasteiger partial charge in [0.2, 0.25) is 0 Å². The number of methoxy groups -OCH3 is 1. The van der Waals surface area contributed by atoms with Gasteiger partial charge in [-0.1, -0.05) is 83.2 Å². The van der Waals surface area contributed by atoms with Gasteiger partial charge in [-0.3, -0.25) is 19.4 Å². The van der Waals surface area contributed by atoms with Crippen molar-refractivity contribution < 1.29 is 58.9 Å². The van der Waals surface area contributed by atoms with Crippen LogP contribution in [0.2, 0.25) is 0 Å². The summed E-state index contributed by atoms with van der Waals surface area (Å²) in [5.41, 5.74) is 0.199. The third-order valence-corrected chi connectivity index (χ3v) is 14.3. The lowest BCUT2D eigenvalue weighted by Crippen LogP contribution is -2.59. The molecule has 1 saturated heterocycles. The van der Waals surface area contributed by atoms with E-state index in [4.69, 9.17) is 23.9 Å².